The summed E-state index contributed by atoms with van der Waals surface area (Å²) in [4.78, 5) is 2.47. The minimum Gasteiger partial charge on any atom is -1.00 e. The molecule has 0 bridgehead atoms. The predicted molar refractivity (Wildman–Crippen MR) is 164 cm³/mol. The number of benzene rings is 4. The third-order valence-electron chi connectivity index (χ3n) is 7.50. The summed E-state index contributed by atoms with van der Waals surface area (Å²) < 4.78 is 11.8. The number of aryl methyl sites for hydroxylation is 1. The number of hydrogen-bond acceptors (Lipinski definition) is 4. The number of hydrogen-bond donors (Lipinski definition) is 1. The average Bonchev–Trinajstić information content (AvgIpc) is 3.01. The summed E-state index contributed by atoms with van der Waals surface area (Å²) in [5, 5.41) is 15.4. The Morgan fingerprint density at radius 3 is 1.77 bits per heavy atom. The molecule has 6 heteroatoms. The van der Waals surface area contributed by atoms with Gasteiger partial charge in [0.2, 0.25) is 0 Å². The molecule has 0 aliphatic carbocycles. The van der Waals surface area contributed by atoms with E-state index in [4.69, 9.17) is 9.47 Å². The van der Waals surface area contributed by atoms with Crippen LogP contribution in [0.2, 0.25) is 0 Å². The second-order valence-electron chi connectivity index (χ2n) is 10.1. The van der Waals surface area contributed by atoms with Crippen molar-refractivity contribution in [2.45, 2.75) is 18.9 Å². The standard InChI is InChI=1S/C34H39NO3P.BrH/c36-30(27-38-34-21-11-10-13-29(34)14-12-22-35-23-25-37-26-24-35)28-39(31-15-4-1-5-16-31,32-17-6-2-7-18-32)33-19-8-3-9-20-33;/h1-11,13,15-21,30,36H,12,14,22-28H2;1H/q+1;/p-1. The summed E-state index contributed by atoms with van der Waals surface area (Å²) in [5.74, 6) is 0.876. The molecule has 210 valence electrons. The van der Waals surface area contributed by atoms with E-state index in [0.717, 1.165) is 51.4 Å². The Balaban J connectivity index is 0.00000370. The first-order valence-electron chi connectivity index (χ1n) is 14.0. The van der Waals surface area contributed by atoms with Crippen molar-refractivity contribution in [2.24, 2.45) is 0 Å². The summed E-state index contributed by atoms with van der Waals surface area (Å²) in [6, 6.07) is 40.3. The Labute approximate surface area is 250 Å². The smallest absolute Gasteiger partial charge is 0.123 e. The third-order valence-corrected chi connectivity index (χ3v) is 12.0. The number of aliphatic hydroxyl groups excluding tert-OH is 1. The largest absolute Gasteiger partial charge is 1.00 e. The van der Waals surface area contributed by atoms with Gasteiger partial charge in [-0.15, -0.1) is 0 Å². The fourth-order valence-electron chi connectivity index (χ4n) is 5.53. The Morgan fingerprint density at radius 2 is 1.23 bits per heavy atom. The maximum absolute atomic E-state index is 11.6. The number of aliphatic hydroxyl groups is 1. The van der Waals surface area contributed by atoms with Gasteiger partial charge in [0.1, 0.15) is 47.8 Å². The van der Waals surface area contributed by atoms with Gasteiger partial charge in [-0.3, -0.25) is 4.90 Å². The molecule has 1 aliphatic heterocycles. The van der Waals surface area contributed by atoms with Gasteiger partial charge in [0.15, 0.2) is 0 Å². The molecule has 1 N–H and O–H groups in total. The lowest BCUT2D eigenvalue weighted by atomic mass is 10.1. The van der Waals surface area contributed by atoms with Gasteiger partial charge in [0, 0.05) is 13.1 Å². The second kappa shape index (κ2) is 15.5. The van der Waals surface area contributed by atoms with Crippen LogP contribution in [0, 0.1) is 0 Å². The lowest BCUT2D eigenvalue weighted by Crippen LogP contribution is -3.00. The maximum atomic E-state index is 11.6. The van der Waals surface area contributed by atoms with E-state index >= 15 is 0 Å². The summed E-state index contributed by atoms with van der Waals surface area (Å²) in [6.07, 6.45) is 2.02. The molecular formula is C34H39BrNO3P. The van der Waals surface area contributed by atoms with Crippen molar-refractivity contribution in [3.63, 3.8) is 0 Å². The van der Waals surface area contributed by atoms with E-state index in [1.54, 1.807) is 0 Å². The third kappa shape index (κ3) is 7.60. The van der Waals surface area contributed by atoms with E-state index in [1.807, 2.05) is 12.1 Å². The SMILES string of the molecule is OC(COc1ccccc1CCCN1CCOCC1)C[P+](c1ccccc1)(c1ccccc1)c1ccccc1.[Br-]. The van der Waals surface area contributed by atoms with Crippen molar-refractivity contribution in [1.82, 2.24) is 4.90 Å². The van der Waals surface area contributed by atoms with Crippen molar-refractivity contribution >= 4 is 23.2 Å². The van der Waals surface area contributed by atoms with Crippen LogP contribution in [0.3, 0.4) is 0 Å². The van der Waals surface area contributed by atoms with Crippen LogP contribution < -0.4 is 37.6 Å². The quantitative estimate of drug-likeness (QED) is 0.245. The van der Waals surface area contributed by atoms with E-state index in [9.17, 15) is 5.11 Å². The molecule has 1 atom stereocenters. The van der Waals surface area contributed by atoms with Gasteiger partial charge in [-0.2, -0.15) is 0 Å². The average molecular weight is 621 g/mol. The highest BCUT2D eigenvalue weighted by molar-refractivity contribution is 7.95. The van der Waals surface area contributed by atoms with Gasteiger partial charge in [0.05, 0.1) is 13.2 Å². The lowest BCUT2D eigenvalue weighted by molar-refractivity contribution is -0.0000112. The highest BCUT2D eigenvalue weighted by atomic mass is 79.9. The van der Waals surface area contributed by atoms with Gasteiger partial charge in [0.25, 0.3) is 0 Å². The lowest BCUT2D eigenvalue weighted by Gasteiger charge is -2.29. The van der Waals surface area contributed by atoms with Gasteiger partial charge in [-0.25, -0.2) is 0 Å². The van der Waals surface area contributed by atoms with E-state index < -0.39 is 13.4 Å². The maximum Gasteiger partial charge on any atom is 0.123 e. The fourth-order valence-corrected chi connectivity index (χ4v) is 9.84. The van der Waals surface area contributed by atoms with Gasteiger partial charge < -0.3 is 31.6 Å². The molecule has 0 radical (unpaired) electrons. The molecule has 1 heterocycles. The Kier molecular flexibility index (Phi) is 11.8. The van der Waals surface area contributed by atoms with Crippen LogP contribution in [0.5, 0.6) is 5.75 Å². The Bertz CT molecular complexity index is 1170. The summed E-state index contributed by atoms with van der Waals surface area (Å²) in [5.41, 5.74) is 1.20. The van der Waals surface area contributed by atoms with E-state index in [2.05, 4.69) is 108 Å². The van der Waals surface area contributed by atoms with Crippen LogP contribution in [-0.2, 0) is 11.2 Å². The first kappa shape index (κ1) is 30.4. The molecule has 0 spiro atoms. The minimum atomic E-state index is -2.12. The molecule has 4 nitrogen and oxygen atoms in total. The zero-order valence-electron chi connectivity index (χ0n) is 22.9. The summed E-state index contributed by atoms with van der Waals surface area (Å²) in [6.45, 7) is 5.01. The van der Waals surface area contributed by atoms with Crippen molar-refractivity contribution in [2.75, 3.05) is 45.6 Å². The number of rotatable bonds is 12. The van der Waals surface area contributed by atoms with Gasteiger partial charge in [-0.05, 0) is 67.4 Å². The molecule has 4 aromatic rings. The van der Waals surface area contributed by atoms with Gasteiger partial charge in [-0.1, -0.05) is 72.8 Å². The van der Waals surface area contributed by atoms with Crippen molar-refractivity contribution in [3.05, 3.63) is 121 Å². The molecule has 1 saturated heterocycles. The minimum absolute atomic E-state index is 0. The number of nitrogens with zero attached hydrogens (tertiary/aromatic N) is 1. The molecule has 5 rings (SSSR count). The van der Waals surface area contributed by atoms with E-state index in [1.165, 1.54) is 21.5 Å². The normalized spacial score (nSPS) is 14.7. The van der Waals surface area contributed by atoms with Crippen LogP contribution in [0.4, 0.5) is 0 Å². The highest BCUT2D eigenvalue weighted by Gasteiger charge is 2.47. The van der Waals surface area contributed by atoms with E-state index in [0.29, 0.717) is 6.16 Å². The van der Waals surface area contributed by atoms with Crippen molar-refractivity contribution in [1.29, 1.82) is 0 Å². The Hall–Kier alpha value is -2.53. The van der Waals surface area contributed by atoms with Crippen LogP contribution in [0.1, 0.15) is 12.0 Å². The predicted octanol–water partition coefficient (Wildman–Crippen LogP) is 1.69. The topological polar surface area (TPSA) is 41.9 Å². The van der Waals surface area contributed by atoms with E-state index in [-0.39, 0.29) is 23.6 Å². The van der Waals surface area contributed by atoms with Crippen molar-refractivity contribution < 1.29 is 31.6 Å². The highest BCUT2D eigenvalue weighted by Crippen LogP contribution is 2.55. The first-order valence-corrected chi connectivity index (χ1v) is 16.0. The van der Waals surface area contributed by atoms with Crippen LogP contribution in [0.25, 0.3) is 0 Å². The molecule has 0 amide bonds. The zero-order valence-corrected chi connectivity index (χ0v) is 25.4. The number of halogens is 1. The second-order valence-corrected chi connectivity index (χ2v) is 13.7. The monoisotopic (exact) mass is 619 g/mol. The molecule has 0 aromatic heterocycles. The molecule has 1 aliphatic rings. The fraction of sp³-hybridized carbons (Fsp3) is 0.294. The van der Waals surface area contributed by atoms with Gasteiger partial charge >= 0.3 is 0 Å². The van der Waals surface area contributed by atoms with Crippen LogP contribution in [-0.4, -0.2) is 61.7 Å². The number of morpholine rings is 1. The summed E-state index contributed by atoms with van der Waals surface area (Å²) >= 11 is 0. The molecule has 4 aromatic carbocycles. The number of ether oxygens (including phenoxy) is 2. The van der Waals surface area contributed by atoms with Crippen LogP contribution >= 0.6 is 7.26 Å². The molecule has 40 heavy (non-hydrogen) atoms. The summed E-state index contributed by atoms with van der Waals surface area (Å²) in [7, 11) is -2.12. The Morgan fingerprint density at radius 1 is 0.725 bits per heavy atom. The molecule has 1 unspecified atom stereocenters. The number of para-hydroxylation sites is 1. The molecule has 1 fully saturated rings. The molecular weight excluding hydrogens is 581 g/mol. The zero-order chi connectivity index (χ0) is 26.8. The van der Waals surface area contributed by atoms with Crippen molar-refractivity contribution in [3.8, 4) is 5.75 Å². The van der Waals surface area contributed by atoms with Crippen LogP contribution in [0.15, 0.2) is 115 Å². The molecule has 0 saturated carbocycles. The first-order chi connectivity index (χ1) is 19.3.